The van der Waals surface area contributed by atoms with Gasteiger partial charge >= 0.3 is 0 Å². The summed E-state index contributed by atoms with van der Waals surface area (Å²) in [5.41, 5.74) is 3.14. The molecule has 1 saturated heterocycles. The van der Waals surface area contributed by atoms with Crippen molar-refractivity contribution in [2.24, 2.45) is 5.41 Å². The normalized spacial score (nSPS) is 22.3. The first-order valence-corrected chi connectivity index (χ1v) is 12.7. The second kappa shape index (κ2) is 9.22. The Morgan fingerprint density at radius 1 is 1.20 bits per heavy atom. The van der Waals surface area contributed by atoms with Crippen molar-refractivity contribution in [2.45, 2.75) is 64.8 Å². The molecule has 9 heteroatoms. The van der Waals surface area contributed by atoms with Crippen molar-refractivity contribution in [3.05, 3.63) is 58.3 Å². The van der Waals surface area contributed by atoms with Crippen molar-refractivity contribution in [3.8, 4) is 0 Å². The topological polar surface area (TPSA) is 79.6 Å². The van der Waals surface area contributed by atoms with Gasteiger partial charge in [0, 0.05) is 24.0 Å². The van der Waals surface area contributed by atoms with E-state index in [1.807, 2.05) is 13.0 Å². The highest BCUT2D eigenvalue weighted by Gasteiger charge is 2.49. The molecule has 0 unspecified atom stereocenters. The number of hydrogen-bond donors (Lipinski definition) is 1. The number of nitrogens with zero attached hydrogens (tertiary/aromatic N) is 4. The van der Waals surface area contributed by atoms with Gasteiger partial charge in [-0.3, -0.25) is 9.59 Å². The van der Waals surface area contributed by atoms with Gasteiger partial charge in [-0.2, -0.15) is 5.10 Å². The van der Waals surface area contributed by atoms with Gasteiger partial charge in [0.25, 0.3) is 5.91 Å². The molecule has 0 radical (unpaired) electrons. The lowest BCUT2D eigenvalue weighted by Gasteiger charge is -2.36. The van der Waals surface area contributed by atoms with Crippen LogP contribution >= 0.6 is 11.6 Å². The second-order valence-electron chi connectivity index (χ2n) is 9.57. The quantitative estimate of drug-likeness (QED) is 0.552. The first-order valence-electron chi connectivity index (χ1n) is 12.3. The van der Waals surface area contributed by atoms with Crippen LogP contribution < -0.4 is 10.2 Å². The van der Waals surface area contributed by atoms with Crippen LogP contribution in [0.4, 0.5) is 10.1 Å². The number of aryl methyl sites for hydroxylation is 2. The predicted octanol–water partition coefficient (Wildman–Crippen LogP) is 4.74. The summed E-state index contributed by atoms with van der Waals surface area (Å²) in [4.78, 5) is 32.8. The maximum absolute atomic E-state index is 13.5. The van der Waals surface area contributed by atoms with Crippen molar-refractivity contribution in [3.63, 3.8) is 0 Å². The van der Waals surface area contributed by atoms with Crippen LogP contribution in [-0.2, 0) is 17.6 Å². The van der Waals surface area contributed by atoms with Gasteiger partial charge < -0.3 is 10.2 Å². The summed E-state index contributed by atoms with van der Waals surface area (Å²) in [6.07, 6.45) is 6.73. The molecule has 1 aromatic carbocycles. The molecule has 1 N–H and O–H groups in total. The molecule has 1 saturated carbocycles. The van der Waals surface area contributed by atoms with E-state index in [0.29, 0.717) is 36.3 Å². The Balaban J connectivity index is 1.27. The standard InChI is InChI=1S/C26H29ClFN5O2/c1-3-17-14-19(4-2)33-23(30-17)20(15-29-33)24(34)31-18-7-9-26(10-8-18)11-12-32(25(26)35)22-6-5-16(28)13-21(22)27/h5-6,13-15,18H,3-4,7-12H2,1-2H3,(H,31,34)/t18-,26-. The Bertz CT molecular complexity index is 1300. The van der Waals surface area contributed by atoms with Gasteiger partial charge in [0.1, 0.15) is 11.4 Å². The van der Waals surface area contributed by atoms with E-state index in [1.165, 1.54) is 12.1 Å². The van der Waals surface area contributed by atoms with Crippen LogP contribution in [0.5, 0.6) is 0 Å². The summed E-state index contributed by atoms with van der Waals surface area (Å²) in [6, 6.07) is 6.15. The molecule has 1 spiro atoms. The number of anilines is 1. The number of rotatable bonds is 5. The first kappa shape index (κ1) is 23.7. The fourth-order valence-electron chi connectivity index (χ4n) is 5.47. The minimum atomic E-state index is -0.447. The van der Waals surface area contributed by atoms with Gasteiger partial charge in [-0.15, -0.1) is 0 Å². The average Bonchev–Trinajstić information content (AvgIpc) is 3.42. The number of nitrogens with one attached hydrogen (secondary N) is 1. The zero-order valence-electron chi connectivity index (χ0n) is 20.0. The molecule has 3 heterocycles. The fourth-order valence-corrected chi connectivity index (χ4v) is 5.74. The molecule has 2 aliphatic rings. The van der Waals surface area contributed by atoms with E-state index in [9.17, 15) is 14.0 Å². The lowest BCUT2D eigenvalue weighted by atomic mass is 9.71. The van der Waals surface area contributed by atoms with Crippen molar-refractivity contribution < 1.29 is 14.0 Å². The summed E-state index contributed by atoms with van der Waals surface area (Å²) in [5.74, 6) is -0.558. The smallest absolute Gasteiger partial charge is 0.256 e. The van der Waals surface area contributed by atoms with Crippen LogP contribution in [0.3, 0.4) is 0 Å². The number of fused-ring (bicyclic) bond motifs is 1. The number of aromatic nitrogens is 3. The van der Waals surface area contributed by atoms with Gasteiger partial charge in [0.05, 0.1) is 22.3 Å². The molecule has 2 fully saturated rings. The third-order valence-electron chi connectivity index (χ3n) is 7.56. The average molecular weight is 498 g/mol. The van der Waals surface area contributed by atoms with Crippen LogP contribution in [0.25, 0.3) is 5.65 Å². The molecule has 1 aliphatic heterocycles. The Morgan fingerprint density at radius 3 is 2.66 bits per heavy atom. The van der Waals surface area contributed by atoms with Crippen molar-refractivity contribution in [1.82, 2.24) is 19.9 Å². The summed E-state index contributed by atoms with van der Waals surface area (Å²) < 4.78 is 15.2. The highest BCUT2D eigenvalue weighted by atomic mass is 35.5. The molecule has 0 atom stereocenters. The van der Waals surface area contributed by atoms with E-state index in [2.05, 4.69) is 22.3 Å². The molecule has 0 bridgehead atoms. The van der Waals surface area contributed by atoms with E-state index >= 15 is 0 Å². The summed E-state index contributed by atoms with van der Waals surface area (Å²) in [7, 11) is 0. The van der Waals surface area contributed by atoms with Gasteiger partial charge in [-0.05, 0) is 69.2 Å². The third kappa shape index (κ3) is 4.18. The SMILES string of the molecule is CCc1cc(CC)n2ncc(C(=O)N[C@H]3CC[C@@]4(CCN(c5ccc(F)cc5Cl)C4=O)CC3)c2n1. The maximum Gasteiger partial charge on any atom is 0.256 e. The Labute approximate surface area is 208 Å². The Kier molecular flexibility index (Phi) is 6.25. The predicted molar refractivity (Wildman–Crippen MR) is 132 cm³/mol. The molecule has 5 rings (SSSR count). The minimum Gasteiger partial charge on any atom is -0.349 e. The van der Waals surface area contributed by atoms with Crippen LogP contribution in [0.1, 0.15) is 67.7 Å². The lowest BCUT2D eigenvalue weighted by molar-refractivity contribution is -0.127. The Morgan fingerprint density at radius 2 is 1.97 bits per heavy atom. The number of carbonyl (C=O) groups excluding carboxylic acids is 2. The summed E-state index contributed by atoms with van der Waals surface area (Å²) >= 11 is 6.22. The molecular formula is C26H29ClFN5O2. The monoisotopic (exact) mass is 497 g/mol. The van der Waals surface area contributed by atoms with Gasteiger partial charge in [0.15, 0.2) is 5.65 Å². The molecule has 184 valence electrons. The van der Waals surface area contributed by atoms with Crippen LogP contribution in [-0.4, -0.2) is 39.0 Å². The largest absolute Gasteiger partial charge is 0.349 e. The van der Waals surface area contributed by atoms with Crippen LogP contribution in [0.2, 0.25) is 5.02 Å². The van der Waals surface area contributed by atoms with E-state index in [1.54, 1.807) is 21.7 Å². The molecule has 2 amide bonds. The molecule has 2 aromatic heterocycles. The molecular weight excluding hydrogens is 469 g/mol. The third-order valence-corrected chi connectivity index (χ3v) is 7.86. The number of carbonyl (C=O) groups is 2. The maximum atomic E-state index is 13.5. The summed E-state index contributed by atoms with van der Waals surface area (Å²) in [5, 5.41) is 7.80. The van der Waals surface area contributed by atoms with Crippen LogP contribution in [0.15, 0.2) is 30.5 Å². The minimum absolute atomic E-state index is 0.0145. The molecule has 3 aromatic rings. The van der Waals surface area contributed by atoms with Gasteiger partial charge in [-0.1, -0.05) is 25.4 Å². The summed E-state index contributed by atoms with van der Waals surface area (Å²) in [6.45, 7) is 4.67. The number of benzene rings is 1. The van der Waals surface area contributed by atoms with Gasteiger partial charge in [0.2, 0.25) is 5.91 Å². The van der Waals surface area contributed by atoms with E-state index in [4.69, 9.17) is 11.6 Å². The first-order chi connectivity index (χ1) is 16.8. The second-order valence-corrected chi connectivity index (χ2v) is 9.98. The van der Waals surface area contributed by atoms with E-state index < -0.39 is 11.2 Å². The van der Waals surface area contributed by atoms with Crippen LogP contribution in [0, 0.1) is 11.2 Å². The number of hydrogen-bond acceptors (Lipinski definition) is 4. The highest BCUT2D eigenvalue weighted by Crippen LogP contribution is 2.47. The zero-order chi connectivity index (χ0) is 24.7. The van der Waals surface area contributed by atoms with Crippen molar-refractivity contribution in [2.75, 3.05) is 11.4 Å². The van der Waals surface area contributed by atoms with Gasteiger partial charge in [-0.25, -0.2) is 13.9 Å². The fraction of sp³-hybridized carbons (Fsp3) is 0.462. The van der Waals surface area contributed by atoms with E-state index in [0.717, 1.165) is 43.5 Å². The molecule has 7 nitrogen and oxygen atoms in total. The van der Waals surface area contributed by atoms with Crippen molar-refractivity contribution >= 4 is 34.7 Å². The zero-order valence-corrected chi connectivity index (χ0v) is 20.7. The molecule has 1 aliphatic carbocycles. The van der Waals surface area contributed by atoms with E-state index in [-0.39, 0.29) is 22.9 Å². The van der Waals surface area contributed by atoms with Crippen molar-refractivity contribution in [1.29, 1.82) is 0 Å². The molecule has 35 heavy (non-hydrogen) atoms. The lowest BCUT2D eigenvalue weighted by Crippen LogP contribution is -2.44. The Hall–Kier alpha value is -3.00. The highest BCUT2D eigenvalue weighted by molar-refractivity contribution is 6.34. The number of halogens is 2. The number of amides is 2.